The molecule has 6 heteroatoms. The summed E-state index contributed by atoms with van der Waals surface area (Å²) in [5, 5.41) is 1.11. The van der Waals surface area contributed by atoms with E-state index < -0.39 is 0 Å². The van der Waals surface area contributed by atoms with Gasteiger partial charge in [-0.2, -0.15) is 0 Å². The molecule has 2 aromatic carbocycles. The number of aromatic nitrogens is 1. The second-order valence-corrected chi connectivity index (χ2v) is 11.6. The number of nitrogens with zero attached hydrogens (tertiary/aromatic N) is 4. The Labute approximate surface area is 226 Å². The number of hydrogen-bond acceptors (Lipinski definition) is 3. The van der Waals surface area contributed by atoms with E-state index in [0.717, 1.165) is 74.4 Å². The third kappa shape index (κ3) is 5.43. The fourth-order valence-corrected chi connectivity index (χ4v) is 5.92. The van der Waals surface area contributed by atoms with Gasteiger partial charge in [0.25, 0.3) is 5.91 Å². The number of amides is 1. The van der Waals surface area contributed by atoms with Crippen molar-refractivity contribution in [2.75, 3.05) is 45.8 Å². The minimum Gasteiger partial charge on any atom is -0.336 e. The van der Waals surface area contributed by atoms with Crippen LogP contribution in [-0.2, 0) is 0 Å². The Hall–Kier alpha value is -2.96. The van der Waals surface area contributed by atoms with Crippen molar-refractivity contribution in [1.29, 1.82) is 0 Å². The van der Waals surface area contributed by atoms with E-state index in [1.165, 1.54) is 17.2 Å². The van der Waals surface area contributed by atoms with E-state index in [1.807, 2.05) is 30.0 Å². The summed E-state index contributed by atoms with van der Waals surface area (Å²) in [6.07, 6.45) is 5.47. The first kappa shape index (κ1) is 26.6. The second kappa shape index (κ2) is 11.0. The topological polar surface area (TPSA) is 31.7 Å². The van der Waals surface area contributed by atoms with Crippen molar-refractivity contribution >= 4 is 22.4 Å². The van der Waals surface area contributed by atoms with Crippen LogP contribution >= 0.6 is 0 Å². The molecule has 3 aromatic rings. The first-order valence-electron chi connectivity index (χ1n) is 14.1. The fourth-order valence-electron chi connectivity index (χ4n) is 5.92. The highest BCUT2D eigenvalue weighted by Crippen LogP contribution is 2.34. The molecular weight excluding hydrogens is 475 g/mol. The maximum atomic E-state index is 14.4. The Morgan fingerprint density at radius 2 is 1.74 bits per heavy atom. The second-order valence-electron chi connectivity index (χ2n) is 11.6. The summed E-state index contributed by atoms with van der Waals surface area (Å²) in [5.74, 6) is 0.458. The number of carbonyl (C=O) groups is 1. The smallest absolute Gasteiger partial charge is 0.254 e. The molecule has 38 heavy (non-hydrogen) atoms. The summed E-state index contributed by atoms with van der Waals surface area (Å²) >= 11 is 0. The van der Waals surface area contributed by atoms with Crippen LogP contribution in [-0.4, -0.2) is 77.0 Å². The molecule has 1 aromatic heterocycles. The maximum Gasteiger partial charge on any atom is 0.254 e. The van der Waals surface area contributed by atoms with Crippen molar-refractivity contribution in [2.45, 2.75) is 47.1 Å². The van der Waals surface area contributed by atoms with Gasteiger partial charge in [-0.1, -0.05) is 32.1 Å². The molecule has 5 nitrogen and oxygen atoms in total. The van der Waals surface area contributed by atoms with Crippen LogP contribution in [0.5, 0.6) is 0 Å². The van der Waals surface area contributed by atoms with E-state index in [0.29, 0.717) is 17.5 Å². The van der Waals surface area contributed by atoms with Crippen LogP contribution in [0.2, 0.25) is 0 Å². The van der Waals surface area contributed by atoms with Gasteiger partial charge in [-0.15, -0.1) is 0 Å². The van der Waals surface area contributed by atoms with Crippen molar-refractivity contribution in [3.63, 3.8) is 0 Å². The molecule has 5 rings (SSSR count). The zero-order valence-corrected chi connectivity index (χ0v) is 23.5. The first-order chi connectivity index (χ1) is 18.2. The molecule has 202 valence electrons. The first-order valence-corrected chi connectivity index (χ1v) is 14.1. The van der Waals surface area contributed by atoms with Crippen LogP contribution in [0.25, 0.3) is 22.2 Å². The quantitative estimate of drug-likeness (QED) is 0.403. The van der Waals surface area contributed by atoms with Crippen LogP contribution in [0, 0.1) is 18.7 Å². The van der Waals surface area contributed by atoms with Crippen molar-refractivity contribution in [2.24, 2.45) is 5.92 Å². The molecule has 2 aliphatic rings. The summed E-state index contributed by atoms with van der Waals surface area (Å²) < 4.78 is 16.5. The molecule has 0 aliphatic carbocycles. The summed E-state index contributed by atoms with van der Waals surface area (Å²) in [6, 6.07) is 11.5. The number of halogens is 1. The standard InChI is InChI=1S/C32H41FN4O/c1-22(2)20-34-12-10-25(11-13-34)29-21-37(30-19-27(33)8-6-24(30)5)31-18-26(7-9-28(29)31)32(38)36-16-14-35(15-17-36)23(3)4/h6-10,18-19,21-23H,11-17,20H2,1-5H3. The largest absolute Gasteiger partial charge is 0.336 e. The predicted molar refractivity (Wildman–Crippen MR) is 154 cm³/mol. The highest BCUT2D eigenvalue weighted by atomic mass is 19.1. The number of benzene rings is 2. The number of piperazine rings is 1. The Balaban J connectivity index is 1.53. The molecule has 0 unspecified atom stereocenters. The number of rotatable bonds is 6. The van der Waals surface area contributed by atoms with E-state index in [9.17, 15) is 9.18 Å². The lowest BCUT2D eigenvalue weighted by molar-refractivity contribution is 0.0595. The number of fused-ring (bicyclic) bond motifs is 1. The van der Waals surface area contributed by atoms with Crippen LogP contribution in [0.1, 0.15) is 55.6 Å². The normalized spacial score (nSPS) is 17.6. The molecule has 2 aliphatic heterocycles. The molecule has 1 saturated heterocycles. The van der Waals surface area contributed by atoms with E-state index in [-0.39, 0.29) is 11.7 Å². The van der Waals surface area contributed by atoms with E-state index in [4.69, 9.17) is 0 Å². The SMILES string of the molecule is Cc1ccc(F)cc1-n1cc(C2=CCN(CC(C)C)CC2)c2ccc(C(=O)N3CCN(C(C)C)CC3)cc21. The van der Waals surface area contributed by atoms with Gasteiger partial charge in [0, 0.05) is 74.6 Å². The van der Waals surface area contributed by atoms with E-state index in [1.54, 1.807) is 6.07 Å². The van der Waals surface area contributed by atoms with Crippen molar-refractivity contribution < 1.29 is 9.18 Å². The maximum absolute atomic E-state index is 14.4. The van der Waals surface area contributed by atoms with E-state index >= 15 is 0 Å². The Bertz CT molecular complexity index is 1350. The molecule has 0 N–H and O–H groups in total. The Kier molecular flexibility index (Phi) is 7.73. The molecule has 3 heterocycles. The van der Waals surface area contributed by atoms with Crippen LogP contribution < -0.4 is 0 Å². The number of aryl methyl sites for hydroxylation is 1. The predicted octanol–water partition coefficient (Wildman–Crippen LogP) is 5.99. The lowest BCUT2D eigenvalue weighted by Crippen LogP contribution is -2.50. The van der Waals surface area contributed by atoms with Gasteiger partial charge in [-0.3, -0.25) is 14.6 Å². The minimum absolute atomic E-state index is 0.0711. The van der Waals surface area contributed by atoms with Gasteiger partial charge < -0.3 is 9.47 Å². The number of carbonyl (C=O) groups excluding carboxylic acids is 1. The lowest BCUT2D eigenvalue weighted by atomic mass is 9.97. The van der Waals surface area contributed by atoms with Gasteiger partial charge in [-0.25, -0.2) is 4.39 Å². The summed E-state index contributed by atoms with van der Waals surface area (Å²) in [5.41, 5.74) is 5.96. The third-order valence-corrected chi connectivity index (χ3v) is 8.08. The summed E-state index contributed by atoms with van der Waals surface area (Å²) in [4.78, 5) is 20.4. The molecule has 1 fully saturated rings. The molecule has 0 spiro atoms. The molecule has 1 amide bonds. The zero-order valence-electron chi connectivity index (χ0n) is 23.5. The van der Waals surface area contributed by atoms with Gasteiger partial charge in [-0.05, 0) is 68.5 Å². The summed E-state index contributed by atoms with van der Waals surface area (Å²) in [6.45, 7) is 17.3. The van der Waals surface area contributed by atoms with Gasteiger partial charge >= 0.3 is 0 Å². The Morgan fingerprint density at radius 1 is 0.974 bits per heavy atom. The van der Waals surface area contributed by atoms with Crippen LogP contribution in [0.15, 0.2) is 48.7 Å². The molecule has 0 radical (unpaired) electrons. The van der Waals surface area contributed by atoms with E-state index in [2.05, 4.69) is 60.4 Å². The molecule has 0 atom stereocenters. The minimum atomic E-state index is -0.259. The lowest BCUT2D eigenvalue weighted by Gasteiger charge is -2.37. The molecule has 0 bridgehead atoms. The molecular formula is C32H41FN4O. The summed E-state index contributed by atoms with van der Waals surface area (Å²) in [7, 11) is 0. The van der Waals surface area contributed by atoms with Crippen LogP contribution in [0.4, 0.5) is 4.39 Å². The van der Waals surface area contributed by atoms with Gasteiger partial charge in [0.05, 0.1) is 11.2 Å². The third-order valence-electron chi connectivity index (χ3n) is 8.08. The van der Waals surface area contributed by atoms with Crippen molar-refractivity contribution in [3.8, 4) is 5.69 Å². The zero-order chi connectivity index (χ0) is 27.0. The monoisotopic (exact) mass is 516 g/mol. The Morgan fingerprint density at radius 3 is 2.39 bits per heavy atom. The average Bonchev–Trinajstić information content (AvgIpc) is 3.28. The van der Waals surface area contributed by atoms with Crippen molar-refractivity contribution in [1.82, 2.24) is 19.3 Å². The molecule has 0 saturated carbocycles. The average molecular weight is 517 g/mol. The van der Waals surface area contributed by atoms with Crippen LogP contribution in [0.3, 0.4) is 0 Å². The van der Waals surface area contributed by atoms with Gasteiger partial charge in [0.1, 0.15) is 5.82 Å². The van der Waals surface area contributed by atoms with Gasteiger partial charge in [0.2, 0.25) is 0 Å². The van der Waals surface area contributed by atoms with Crippen molar-refractivity contribution in [3.05, 3.63) is 71.2 Å². The highest BCUT2D eigenvalue weighted by molar-refractivity contribution is 6.01. The number of hydrogen-bond donors (Lipinski definition) is 0. The van der Waals surface area contributed by atoms with Gasteiger partial charge in [0.15, 0.2) is 0 Å². The highest BCUT2D eigenvalue weighted by Gasteiger charge is 2.25. The fraction of sp³-hybridized carbons (Fsp3) is 0.469.